The topological polar surface area (TPSA) is 86.9 Å². The minimum absolute atomic E-state index is 0.112. The van der Waals surface area contributed by atoms with Crippen molar-refractivity contribution in [3.8, 4) is 0 Å². The Hall–Kier alpha value is -0.920. The number of aromatic nitrogens is 2. The Morgan fingerprint density at radius 1 is 1.44 bits per heavy atom. The van der Waals surface area contributed by atoms with Crippen molar-refractivity contribution in [1.29, 1.82) is 0 Å². The molecule has 0 aromatic carbocycles. The summed E-state index contributed by atoms with van der Waals surface area (Å²) in [6.07, 6.45) is 1.36. The van der Waals surface area contributed by atoms with Gasteiger partial charge in [-0.15, -0.1) is 0 Å². The first-order chi connectivity index (χ1) is 7.59. The molecular formula is C9H14N4O2S. The number of sulfonamides is 1. The minimum Gasteiger partial charge on any atom is -0.316 e. The number of nitrogens with one attached hydrogen (secondary N) is 3. The van der Waals surface area contributed by atoms with Crippen LogP contribution in [0.1, 0.15) is 5.69 Å². The zero-order chi connectivity index (χ0) is 11.3. The van der Waals surface area contributed by atoms with Crippen molar-refractivity contribution in [1.82, 2.24) is 20.2 Å². The number of aromatic amines is 1. The molecule has 1 saturated carbocycles. The lowest BCUT2D eigenvalue weighted by atomic mass is 10.4. The highest BCUT2D eigenvalue weighted by molar-refractivity contribution is 7.89. The largest absolute Gasteiger partial charge is 0.316 e. The summed E-state index contributed by atoms with van der Waals surface area (Å²) in [5.41, 5.74) is 0.580. The van der Waals surface area contributed by atoms with Gasteiger partial charge in [-0.1, -0.05) is 0 Å². The first-order valence-corrected chi connectivity index (χ1v) is 6.81. The molecule has 3 N–H and O–H groups in total. The van der Waals surface area contributed by atoms with Crippen LogP contribution in [-0.4, -0.2) is 37.7 Å². The average Bonchev–Trinajstić information content (AvgIpc) is 2.68. The average molecular weight is 242 g/mol. The maximum Gasteiger partial charge on any atom is 0.244 e. The number of hydrogen-bond acceptors (Lipinski definition) is 4. The van der Waals surface area contributed by atoms with Gasteiger partial charge in [0.1, 0.15) is 4.90 Å². The summed E-state index contributed by atoms with van der Waals surface area (Å²) in [6.45, 7) is 3.54. The molecule has 2 unspecified atom stereocenters. The van der Waals surface area contributed by atoms with Crippen LogP contribution in [0.5, 0.6) is 0 Å². The van der Waals surface area contributed by atoms with Crippen molar-refractivity contribution in [2.24, 2.45) is 11.8 Å². The van der Waals surface area contributed by atoms with E-state index in [1.807, 2.05) is 0 Å². The van der Waals surface area contributed by atoms with Gasteiger partial charge in [-0.2, -0.15) is 5.10 Å². The summed E-state index contributed by atoms with van der Waals surface area (Å²) in [5, 5.41) is 9.60. The fraction of sp³-hybridized carbons (Fsp3) is 0.667. The van der Waals surface area contributed by atoms with Gasteiger partial charge in [0.25, 0.3) is 0 Å². The standard InChI is InChI=1S/C9H14N4O2S/c1-5-8(4-11-12-5)16(14,15)13-9-6-2-10-3-7(6)9/h4,6-7,9-10,13H,2-3H2,1H3,(H,11,12). The summed E-state index contributed by atoms with van der Waals surface area (Å²) < 4.78 is 26.8. The molecule has 88 valence electrons. The smallest absolute Gasteiger partial charge is 0.244 e. The highest BCUT2D eigenvalue weighted by Crippen LogP contribution is 2.42. The SMILES string of the molecule is Cc1[nH]ncc1S(=O)(=O)NC1C2CNCC21. The van der Waals surface area contributed by atoms with Gasteiger partial charge in [-0.05, 0) is 31.8 Å². The number of fused-ring (bicyclic) bond motifs is 1. The molecule has 0 radical (unpaired) electrons. The number of H-pyrrole nitrogens is 1. The lowest BCUT2D eigenvalue weighted by Gasteiger charge is -2.07. The lowest BCUT2D eigenvalue weighted by molar-refractivity contribution is 0.565. The van der Waals surface area contributed by atoms with Gasteiger partial charge in [0.05, 0.1) is 11.9 Å². The predicted molar refractivity (Wildman–Crippen MR) is 57.3 cm³/mol. The molecule has 1 aliphatic carbocycles. The molecule has 1 saturated heterocycles. The van der Waals surface area contributed by atoms with Crippen LogP contribution in [0.15, 0.2) is 11.1 Å². The number of piperidine rings is 1. The summed E-state index contributed by atoms with van der Waals surface area (Å²) in [5.74, 6) is 0.948. The van der Waals surface area contributed by atoms with Crippen molar-refractivity contribution in [2.75, 3.05) is 13.1 Å². The van der Waals surface area contributed by atoms with Gasteiger partial charge in [0.15, 0.2) is 0 Å². The minimum atomic E-state index is -3.40. The Morgan fingerprint density at radius 2 is 2.12 bits per heavy atom. The molecule has 2 atom stereocenters. The molecule has 2 heterocycles. The van der Waals surface area contributed by atoms with Crippen molar-refractivity contribution in [3.63, 3.8) is 0 Å². The summed E-state index contributed by atoms with van der Waals surface area (Å²) in [6, 6.07) is 0.112. The number of aryl methyl sites for hydroxylation is 1. The third-order valence-electron chi connectivity index (χ3n) is 3.46. The van der Waals surface area contributed by atoms with Crippen LogP contribution in [0.2, 0.25) is 0 Å². The van der Waals surface area contributed by atoms with E-state index in [1.54, 1.807) is 6.92 Å². The monoisotopic (exact) mass is 242 g/mol. The molecule has 0 amide bonds. The highest BCUT2D eigenvalue weighted by atomic mass is 32.2. The van der Waals surface area contributed by atoms with E-state index >= 15 is 0 Å². The van der Waals surface area contributed by atoms with Gasteiger partial charge in [-0.25, -0.2) is 13.1 Å². The van der Waals surface area contributed by atoms with Crippen LogP contribution in [-0.2, 0) is 10.0 Å². The Labute approximate surface area is 93.9 Å². The molecule has 1 aromatic heterocycles. The van der Waals surface area contributed by atoms with E-state index in [9.17, 15) is 8.42 Å². The molecular weight excluding hydrogens is 228 g/mol. The third kappa shape index (κ3) is 1.47. The van der Waals surface area contributed by atoms with Gasteiger partial charge in [0, 0.05) is 6.04 Å². The van der Waals surface area contributed by atoms with Crippen LogP contribution in [0.3, 0.4) is 0 Å². The van der Waals surface area contributed by atoms with Crippen molar-refractivity contribution >= 4 is 10.0 Å². The van der Waals surface area contributed by atoms with E-state index in [4.69, 9.17) is 0 Å². The van der Waals surface area contributed by atoms with E-state index in [1.165, 1.54) is 6.20 Å². The number of rotatable bonds is 3. The Balaban J connectivity index is 1.78. The van der Waals surface area contributed by atoms with Crippen LogP contribution < -0.4 is 10.0 Å². The molecule has 16 heavy (non-hydrogen) atoms. The second-order valence-corrected chi connectivity index (χ2v) is 6.17. The molecule has 2 fully saturated rings. The zero-order valence-corrected chi connectivity index (χ0v) is 9.71. The highest BCUT2D eigenvalue weighted by Gasteiger charge is 2.54. The van der Waals surface area contributed by atoms with E-state index < -0.39 is 10.0 Å². The quantitative estimate of drug-likeness (QED) is 0.648. The first-order valence-electron chi connectivity index (χ1n) is 5.32. The van der Waals surface area contributed by atoms with Crippen molar-refractivity contribution in [3.05, 3.63) is 11.9 Å². The predicted octanol–water partition coefficient (Wildman–Crippen LogP) is -0.786. The van der Waals surface area contributed by atoms with Crippen LogP contribution in [0.4, 0.5) is 0 Å². The maximum atomic E-state index is 12.0. The summed E-state index contributed by atoms with van der Waals surface area (Å²) in [4.78, 5) is 0.255. The second-order valence-electron chi connectivity index (χ2n) is 4.49. The van der Waals surface area contributed by atoms with Crippen LogP contribution in [0.25, 0.3) is 0 Å². The summed E-state index contributed by atoms with van der Waals surface area (Å²) in [7, 11) is -3.40. The van der Waals surface area contributed by atoms with Crippen LogP contribution >= 0.6 is 0 Å². The molecule has 1 aromatic rings. The molecule has 0 bridgehead atoms. The van der Waals surface area contributed by atoms with Crippen LogP contribution in [0, 0.1) is 18.8 Å². The molecule has 3 rings (SSSR count). The fourth-order valence-electron chi connectivity index (χ4n) is 2.45. The number of hydrogen-bond donors (Lipinski definition) is 3. The molecule has 2 aliphatic rings. The van der Waals surface area contributed by atoms with Crippen molar-refractivity contribution < 1.29 is 8.42 Å². The van der Waals surface area contributed by atoms with Gasteiger partial charge < -0.3 is 5.32 Å². The number of nitrogens with zero attached hydrogens (tertiary/aromatic N) is 1. The molecule has 1 aliphatic heterocycles. The van der Waals surface area contributed by atoms with Gasteiger partial charge in [-0.3, -0.25) is 5.10 Å². The fourth-order valence-corrected chi connectivity index (χ4v) is 3.92. The third-order valence-corrected chi connectivity index (χ3v) is 5.03. The second kappa shape index (κ2) is 3.28. The first kappa shape index (κ1) is 10.2. The van der Waals surface area contributed by atoms with E-state index in [0.29, 0.717) is 17.5 Å². The molecule has 0 spiro atoms. The summed E-state index contributed by atoms with van der Waals surface area (Å²) >= 11 is 0. The molecule has 6 nitrogen and oxygen atoms in total. The Bertz CT molecular complexity index is 499. The molecule has 7 heteroatoms. The Morgan fingerprint density at radius 3 is 2.69 bits per heavy atom. The van der Waals surface area contributed by atoms with Gasteiger partial charge >= 0.3 is 0 Å². The van der Waals surface area contributed by atoms with Crippen molar-refractivity contribution in [2.45, 2.75) is 17.9 Å². The van der Waals surface area contributed by atoms with E-state index in [-0.39, 0.29) is 10.9 Å². The maximum absolute atomic E-state index is 12.0. The zero-order valence-electron chi connectivity index (χ0n) is 8.90. The normalized spacial score (nSPS) is 32.7. The lowest BCUT2D eigenvalue weighted by Crippen LogP contribution is -2.32. The van der Waals surface area contributed by atoms with E-state index in [2.05, 4.69) is 20.2 Å². The Kier molecular flexibility index (Phi) is 2.10. The van der Waals surface area contributed by atoms with Gasteiger partial charge in [0.2, 0.25) is 10.0 Å². The van der Waals surface area contributed by atoms with E-state index in [0.717, 1.165) is 13.1 Å².